The fourth-order valence-corrected chi connectivity index (χ4v) is 2.17. The highest BCUT2D eigenvalue weighted by atomic mass is 19.1. The molecule has 0 unspecified atom stereocenters. The van der Waals surface area contributed by atoms with Crippen molar-refractivity contribution in [1.29, 1.82) is 0 Å². The van der Waals surface area contributed by atoms with E-state index in [1.165, 1.54) is 24.3 Å². The number of hydrogen-bond donors (Lipinski definition) is 2. The van der Waals surface area contributed by atoms with Gasteiger partial charge in [-0.3, -0.25) is 0 Å². The van der Waals surface area contributed by atoms with Gasteiger partial charge in [0.25, 0.3) is 0 Å². The first-order valence-corrected chi connectivity index (χ1v) is 7.53. The molecule has 0 saturated carbocycles. The Morgan fingerprint density at radius 2 is 1.50 bits per heavy atom. The Morgan fingerprint density at radius 3 is 2.21 bits per heavy atom. The number of aromatic nitrogens is 2. The lowest BCUT2D eigenvalue weighted by molar-refractivity contribution is 0.627. The summed E-state index contributed by atoms with van der Waals surface area (Å²) < 4.78 is 25.8. The summed E-state index contributed by atoms with van der Waals surface area (Å²) >= 11 is 0. The molecule has 0 aliphatic rings. The topological polar surface area (TPSA) is 49.8 Å². The third kappa shape index (κ3) is 4.49. The van der Waals surface area contributed by atoms with Crippen molar-refractivity contribution in [2.45, 2.75) is 6.42 Å². The molecule has 0 radical (unpaired) electrons. The van der Waals surface area contributed by atoms with Crippen LogP contribution in [0, 0.1) is 11.6 Å². The molecule has 3 rings (SSSR count). The van der Waals surface area contributed by atoms with Gasteiger partial charge in [0, 0.05) is 18.4 Å². The quantitative estimate of drug-likeness (QED) is 0.714. The fourth-order valence-electron chi connectivity index (χ4n) is 2.17. The van der Waals surface area contributed by atoms with Crippen molar-refractivity contribution in [3.8, 4) is 0 Å². The SMILES string of the molecule is Fc1ccc(CCNc2ccnc(Nc3ccc(F)cc3)n2)cc1. The molecule has 2 N–H and O–H groups in total. The molecule has 0 bridgehead atoms. The first-order chi connectivity index (χ1) is 11.7. The summed E-state index contributed by atoms with van der Waals surface area (Å²) in [7, 11) is 0. The number of nitrogens with one attached hydrogen (secondary N) is 2. The lowest BCUT2D eigenvalue weighted by Crippen LogP contribution is -2.07. The summed E-state index contributed by atoms with van der Waals surface area (Å²) in [5.41, 5.74) is 1.75. The fraction of sp³-hybridized carbons (Fsp3) is 0.111. The Labute approximate surface area is 138 Å². The van der Waals surface area contributed by atoms with Crippen molar-refractivity contribution in [2.24, 2.45) is 0 Å². The van der Waals surface area contributed by atoms with Gasteiger partial charge < -0.3 is 10.6 Å². The average Bonchev–Trinajstić information content (AvgIpc) is 2.59. The van der Waals surface area contributed by atoms with Crippen LogP contribution in [0.3, 0.4) is 0 Å². The van der Waals surface area contributed by atoms with E-state index < -0.39 is 0 Å². The molecule has 122 valence electrons. The zero-order chi connectivity index (χ0) is 16.8. The Kier molecular flexibility index (Phi) is 4.96. The summed E-state index contributed by atoms with van der Waals surface area (Å²) in [6.45, 7) is 0.665. The lowest BCUT2D eigenvalue weighted by atomic mass is 10.1. The van der Waals surface area contributed by atoms with Crippen LogP contribution in [0.5, 0.6) is 0 Å². The zero-order valence-corrected chi connectivity index (χ0v) is 12.8. The van der Waals surface area contributed by atoms with E-state index in [4.69, 9.17) is 0 Å². The van der Waals surface area contributed by atoms with Gasteiger partial charge in [-0.2, -0.15) is 4.98 Å². The maximum Gasteiger partial charge on any atom is 0.229 e. The molecule has 24 heavy (non-hydrogen) atoms. The largest absolute Gasteiger partial charge is 0.370 e. The number of nitrogens with zero attached hydrogens (tertiary/aromatic N) is 2. The van der Waals surface area contributed by atoms with Crippen LogP contribution in [0.1, 0.15) is 5.56 Å². The van der Waals surface area contributed by atoms with Crippen molar-refractivity contribution in [1.82, 2.24) is 9.97 Å². The number of hydrogen-bond acceptors (Lipinski definition) is 4. The highest BCUT2D eigenvalue weighted by molar-refractivity contribution is 5.54. The van der Waals surface area contributed by atoms with E-state index in [9.17, 15) is 8.78 Å². The smallest absolute Gasteiger partial charge is 0.229 e. The third-order valence-corrected chi connectivity index (χ3v) is 3.39. The highest BCUT2D eigenvalue weighted by Gasteiger charge is 2.01. The Balaban J connectivity index is 1.56. The van der Waals surface area contributed by atoms with Crippen LogP contribution < -0.4 is 10.6 Å². The zero-order valence-electron chi connectivity index (χ0n) is 12.8. The second-order valence-electron chi connectivity index (χ2n) is 5.20. The Bertz CT molecular complexity index is 789. The minimum Gasteiger partial charge on any atom is -0.370 e. The molecule has 0 saturated heterocycles. The van der Waals surface area contributed by atoms with E-state index in [0.717, 1.165) is 12.0 Å². The molecule has 0 spiro atoms. The van der Waals surface area contributed by atoms with E-state index in [-0.39, 0.29) is 11.6 Å². The van der Waals surface area contributed by atoms with E-state index in [1.807, 2.05) is 0 Å². The molecule has 2 aromatic carbocycles. The van der Waals surface area contributed by atoms with Gasteiger partial charge in [-0.1, -0.05) is 12.1 Å². The third-order valence-electron chi connectivity index (χ3n) is 3.39. The van der Waals surface area contributed by atoms with Crippen LogP contribution in [0.25, 0.3) is 0 Å². The van der Waals surface area contributed by atoms with Gasteiger partial charge in [0.05, 0.1) is 0 Å². The first-order valence-electron chi connectivity index (χ1n) is 7.53. The number of benzene rings is 2. The van der Waals surface area contributed by atoms with Gasteiger partial charge in [0.15, 0.2) is 0 Å². The van der Waals surface area contributed by atoms with E-state index in [1.54, 1.807) is 36.5 Å². The maximum absolute atomic E-state index is 12.9. The van der Waals surface area contributed by atoms with Crippen LogP contribution in [0.4, 0.5) is 26.2 Å². The predicted molar refractivity (Wildman–Crippen MR) is 90.3 cm³/mol. The molecule has 3 aromatic rings. The summed E-state index contributed by atoms with van der Waals surface area (Å²) in [4.78, 5) is 8.48. The molecule has 1 heterocycles. The average molecular weight is 326 g/mol. The molecule has 1 aromatic heterocycles. The molecule has 0 amide bonds. The molecular formula is C18H16F2N4. The van der Waals surface area contributed by atoms with Crippen molar-refractivity contribution in [2.75, 3.05) is 17.2 Å². The summed E-state index contributed by atoms with van der Waals surface area (Å²) in [6, 6.07) is 14.2. The van der Waals surface area contributed by atoms with E-state index >= 15 is 0 Å². The standard InChI is InChI=1S/C18H16F2N4/c19-14-3-1-13(2-4-14)9-11-21-17-10-12-22-18(24-17)23-16-7-5-15(20)6-8-16/h1-8,10,12H,9,11H2,(H2,21,22,23,24). The summed E-state index contributed by atoms with van der Waals surface area (Å²) in [6.07, 6.45) is 2.39. The minimum absolute atomic E-state index is 0.237. The van der Waals surface area contributed by atoms with E-state index in [0.29, 0.717) is 24.0 Å². The Morgan fingerprint density at radius 1 is 0.833 bits per heavy atom. The highest BCUT2D eigenvalue weighted by Crippen LogP contribution is 2.14. The summed E-state index contributed by atoms with van der Waals surface area (Å²) in [5.74, 6) is 0.571. The molecule has 0 atom stereocenters. The second kappa shape index (κ2) is 7.50. The van der Waals surface area contributed by atoms with Crippen molar-refractivity contribution in [3.05, 3.63) is 78.0 Å². The monoisotopic (exact) mass is 326 g/mol. The molecule has 4 nitrogen and oxygen atoms in total. The molecule has 0 fully saturated rings. The van der Waals surface area contributed by atoms with Crippen molar-refractivity contribution < 1.29 is 8.78 Å². The van der Waals surface area contributed by atoms with Gasteiger partial charge in [-0.15, -0.1) is 0 Å². The second-order valence-corrected chi connectivity index (χ2v) is 5.20. The first kappa shape index (κ1) is 15.9. The number of rotatable bonds is 6. The van der Waals surface area contributed by atoms with Crippen LogP contribution >= 0.6 is 0 Å². The van der Waals surface area contributed by atoms with Crippen LogP contribution in [0.2, 0.25) is 0 Å². The van der Waals surface area contributed by atoms with Crippen molar-refractivity contribution in [3.63, 3.8) is 0 Å². The number of halogens is 2. The number of anilines is 3. The molecule has 0 aliphatic carbocycles. The Hall–Kier alpha value is -3.02. The van der Waals surface area contributed by atoms with Gasteiger partial charge >= 0.3 is 0 Å². The van der Waals surface area contributed by atoms with Gasteiger partial charge in [-0.25, -0.2) is 13.8 Å². The van der Waals surface area contributed by atoms with Gasteiger partial charge in [0.2, 0.25) is 5.95 Å². The normalized spacial score (nSPS) is 10.4. The molecule has 6 heteroatoms. The van der Waals surface area contributed by atoms with Gasteiger partial charge in [-0.05, 0) is 54.4 Å². The van der Waals surface area contributed by atoms with Crippen LogP contribution in [-0.4, -0.2) is 16.5 Å². The van der Waals surface area contributed by atoms with Gasteiger partial charge in [0.1, 0.15) is 17.5 Å². The summed E-state index contributed by atoms with van der Waals surface area (Å²) in [5, 5.41) is 6.21. The maximum atomic E-state index is 12.9. The van der Waals surface area contributed by atoms with Crippen LogP contribution in [0.15, 0.2) is 60.8 Å². The lowest BCUT2D eigenvalue weighted by Gasteiger charge is -2.08. The predicted octanol–water partition coefficient (Wildman–Crippen LogP) is 4.15. The molecule has 0 aliphatic heterocycles. The molecular weight excluding hydrogens is 310 g/mol. The van der Waals surface area contributed by atoms with E-state index in [2.05, 4.69) is 20.6 Å². The van der Waals surface area contributed by atoms with Crippen LogP contribution in [-0.2, 0) is 6.42 Å². The minimum atomic E-state index is -0.294. The van der Waals surface area contributed by atoms with Crippen molar-refractivity contribution >= 4 is 17.5 Å².